The quantitative estimate of drug-likeness (QED) is 0.345. The number of rotatable bonds is 12. The lowest BCUT2D eigenvalue weighted by Gasteiger charge is -2.24. The van der Waals surface area contributed by atoms with E-state index in [2.05, 4.69) is 10.3 Å². The van der Waals surface area contributed by atoms with Crippen molar-refractivity contribution in [1.29, 1.82) is 0 Å². The van der Waals surface area contributed by atoms with Crippen molar-refractivity contribution >= 4 is 11.9 Å². The molecule has 202 valence electrons. The highest BCUT2D eigenvalue weighted by Crippen LogP contribution is 2.22. The van der Waals surface area contributed by atoms with Gasteiger partial charge in [-0.25, -0.2) is 4.84 Å². The fourth-order valence-electron chi connectivity index (χ4n) is 4.32. The minimum atomic E-state index is -0.969. The Morgan fingerprint density at radius 3 is 2.36 bits per heavy atom. The third-order valence-electron chi connectivity index (χ3n) is 6.57. The van der Waals surface area contributed by atoms with E-state index in [0.717, 1.165) is 11.1 Å². The van der Waals surface area contributed by atoms with Crippen molar-refractivity contribution in [1.82, 2.24) is 10.3 Å². The Balaban J connectivity index is 1.40. The molecule has 9 heteroatoms. The average molecular weight is 530 g/mol. The third kappa shape index (κ3) is 8.05. The highest BCUT2D eigenvalue weighted by atomic mass is 16.8. The summed E-state index contributed by atoms with van der Waals surface area (Å²) in [7, 11) is 0. The van der Waals surface area contributed by atoms with Gasteiger partial charge in [-0.15, -0.1) is 0 Å². The van der Waals surface area contributed by atoms with E-state index >= 15 is 0 Å². The van der Waals surface area contributed by atoms with Crippen LogP contribution < -0.4 is 11.1 Å². The summed E-state index contributed by atoms with van der Waals surface area (Å²) in [6, 6.07) is 23.0. The van der Waals surface area contributed by atoms with Gasteiger partial charge >= 0.3 is 5.97 Å². The van der Waals surface area contributed by atoms with Crippen molar-refractivity contribution in [3.63, 3.8) is 0 Å². The fraction of sp³-hybridized carbons (Fsp3) is 0.300. The molecule has 9 nitrogen and oxygen atoms in total. The van der Waals surface area contributed by atoms with Gasteiger partial charge in [-0.05, 0) is 35.6 Å². The van der Waals surface area contributed by atoms with Crippen molar-refractivity contribution in [2.24, 2.45) is 11.7 Å². The van der Waals surface area contributed by atoms with Gasteiger partial charge in [0.25, 0.3) is 10.6 Å². The van der Waals surface area contributed by atoms with Gasteiger partial charge in [-0.3, -0.25) is 14.6 Å². The van der Waals surface area contributed by atoms with Crippen LogP contribution in [0.25, 0.3) is 0 Å². The summed E-state index contributed by atoms with van der Waals surface area (Å²) in [5, 5.41) is 2.96. The first-order valence-electron chi connectivity index (χ1n) is 12.9. The molecule has 0 bridgehead atoms. The molecule has 2 aromatic carbocycles. The molecule has 1 aromatic heterocycles. The lowest BCUT2D eigenvalue weighted by atomic mass is 9.96. The summed E-state index contributed by atoms with van der Waals surface area (Å²) in [6.07, 6.45) is 3.49. The first kappa shape index (κ1) is 27.7. The number of nitrogens with zero attached hydrogens (tertiary/aromatic N) is 2. The number of carbonyl (C=O) groups excluding carboxylic acids is 2. The van der Waals surface area contributed by atoms with Crippen LogP contribution in [0.2, 0.25) is 0 Å². The topological polar surface area (TPSA) is 124 Å². The number of aromatic nitrogens is 1. The van der Waals surface area contributed by atoms with Crippen LogP contribution in [0.4, 0.5) is 0 Å². The molecular formula is C30H33N4O5+. The molecule has 0 fully saturated rings. The van der Waals surface area contributed by atoms with E-state index in [9.17, 15) is 14.5 Å². The van der Waals surface area contributed by atoms with E-state index < -0.39 is 36.0 Å². The van der Waals surface area contributed by atoms with Crippen LogP contribution in [0.3, 0.4) is 0 Å². The van der Waals surface area contributed by atoms with E-state index in [1.807, 2.05) is 66.7 Å². The number of ether oxygens (including phenoxy) is 1. The number of esters is 1. The highest BCUT2D eigenvalue weighted by molar-refractivity contribution is 5.83. The predicted octanol–water partition coefficient (Wildman–Crippen LogP) is 3.43. The zero-order chi connectivity index (χ0) is 27.6. The Kier molecular flexibility index (Phi) is 9.53. The predicted molar refractivity (Wildman–Crippen MR) is 145 cm³/mol. The SMILES string of the molecule is CC(CC(=O)OCc1ccccn1)[C@H](N)C(=O)NC(Cc1ccccc1)C1C=C(Cc2ccccc2)[N+](=O)O1. The largest absolute Gasteiger partial charge is 0.459 e. The van der Waals surface area contributed by atoms with Crippen LogP contribution in [-0.4, -0.2) is 40.0 Å². The molecule has 0 saturated heterocycles. The fourth-order valence-corrected chi connectivity index (χ4v) is 4.32. The van der Waals surface area contributed by atoms with Crippen LogP contribution in [0.5, 0.6) is 0 Å². The van der Waals surface area contributed by atoms with Gasteiger partial charge in [0, 0.05) is 12.3 Å². The lowest BCUT2D eigenvalue weighted by molar-refractivity contribution is -0.766. The molecule has 1 amide bonds. The Hall–Kier alpha value is -4.37. The summed E-state index contributed by atoms with van der Waals surface area (Å²) in [5.41, 5.74) is 9.29. The number of hydrogen-bond acceptors (Lipinski definition) is 7. The monoisotopic (exact) mass is 529 g/mol. The number of nitrogens with two attached hydrogens (primary N) is 1. The average Bonchev–Trinajstić information content (AvgIpc) is 3.32. The first-order valence-corrected chi connectivity index (χ1v) is 12.9. The minimum absolute atomic E-state index is 0.0276. The van der Waals surface area contributed by atoms with E-state index in [-0.39, 0.29) is 13.0 Å². The molecule has 4 rings (SSSR count). The molecule has 0 radical (unpaired) electrons. The Morgan fingerprint density at radius 2 is 1.69 bits per heavy atom. The summed E-state index contributed by atoms with van der Waals surface area (Å²) in [6.45, 7) is 1.77. The summed E-state index contributed by atoms with van der Waals surface area (Å²) < 4.78 is 5.29. The number of benzene rings is 2. The Bertz CT molecular complexity index is 1280. The zero-order valence-electron chi connectivity index (χ0n) is 21.8. The van der Waals surface area contributed by atoms with Gasteiger partial charge in [0.1, 0.15) is 6.61 Å². The van der Waals surface area contributed by atoms with Crippen LogP contribution >= 0.6 is 0 Å². The van der Waals surface area contributed by atoms with Crippen LogP contribution in [-0.2, 0) is 38.6 Å². The van der Waals surface area contributed by atoms with Crippen molar-refractivity contribution in [2.75, 3.05) is 0 Å². The van der Waals surface area contributed by atoms with Gasteiger partial charge in [0.05, 0.1) is 35.5 Å². The summed E-state index contributed by atoms with van der Waals surface area (Å²) in [4.78, 5) is 48.4. The zero-order valence-corrected chi connectivity index (χ0v) is 21.8. The maximum absolute atomic E-state index is 13.2. The normalized spacial score (nSPS) is 16.9. The second-order valence-corrected chi connectivity index (χ2v) is 9.64. The highest BCUT2D eigenvalue weighted by Gasteiger charge is 2.41. The molecule has 1 aliphatic heterocycles. The van der Waals surface area contributed by atoms with Gasteiger partial charge in [0.15, 0.2) is 0 Å². The number of hydrogen-bond donors (Lipinski definition) is 2. The van der Waals surface area contributed by atoms with Gasteiger partial charge in [-0.1, -0.05) is 73.7 Å². The van der Waals surface area contributed by atoms with Gasteiger partial charge in [-0.2, -0.15) is 0 Å². The van der Waals surface area contributed by atoms with Crippen molar-refractivity contribution < 1.29 is 24.1 Å². The van der Waals surface area contributed by atoms with E-state index in [4.69, 9.17) is 15.3 Å². The second-order valence-electron chi connectivity index (χ2n) is 9.64. The van der Waals surface area contributed by atoms with Crippen LogP contribution in [0, 0.1) is 10.8 Å². The molecule has 0 aliphatic carbocycles. The summed E-state index contributed by atoms with van der Waals surface area (Å²) in [5.74, 6) is -1.39. The molecule has 0 saturated carbocycles. The number of pyridine rings is 1. The number of nitrogens with one attached hydrogen (secondary N) is 1. The lowest BCUT2D eigenvalue weighted by Crippen LogP contribution is -2.52. The van der Waals surface area contributed by atoms with Crippen molar-refractivity contribution in [3.8, 4) is 0 Å². The number of carbonyl (C=O) groups is 2. The van der Waals surface area contributed by atoms with E-state index in [1.165, 1.54) is 0 Å². The maximum atomic E-state index is 13.2. The van der Waals surface area contributed by atoms with E-state index in [0.29, 0.717) is 29.2 Å². The van der Waals surface area contributed by atoms with Crippen LogP contribution in [0.15, 0.2) is 96.8 Å². The second kappa shape index (κ2) is 13.4. The van der Waals surface area contributed by atoms with Crippen LogP contribution in [0.1, 0.15) is 30.2 Å². The molecule has 1 aliphatic rings. The molecule has 4 atom stereocenters. The molecule has 0 spiro atoms. The molecule has 3 unspecified atom stereocenters. The third-order valence-corrected chi connectivity index (χ3v) is 6.57. The molecule has 3 aromatic rings. The van der Waals surface area contributed by atoms with E-state index in [1.54, 1.807) is 31.3 Å². The first-order chi connectivity index (χ1) is 18.9. The summed E-state index contributed by atoms with van der Waals surface area (Å²) >= 11 is 0. The standard InChI is InChI=1S/C30H32N4O5/c1-21(16-28(35)38-20-24-14-8-9-15-32-24)29(31)30(36)33-26(18-23-12-6-3-7-13-23)27-19-25(34(37)39-27)17-22-10-4-2-5-11-22/h2-15,19,21,26-27,29H,16-18,20,31H2,1H3/p+1/t21?,26?,27?,29-/m0/s1. The molecule has 39 heavy (non-hydrogen) atoms. The molecular weight excluding hydrogens is 496 g/mol. The van der Waals surface area contributed by atoms with Gasteiger partial charge in [0.2, 0.25) is 12.0 Å². The van der Waals surface area contributed by atoms with Gasteiger partial charge < -0.3 is 15.8 Å². The smallest absolute Gasteiger partial charge is 0.306 e. The van der Waals surface area contributed by atoms with Crippen molar-refractivity contribution in [2.45, 2.75) is 51.0 Å². The van der Waals surface area contributed by atoms with Crippen molar-refractivity contribution in [3.05, 3.63) is 119 Å². The molecule has 2 heterocycles. The molecule has 3 N–H and O–H groups in total. The minimum Gasteiger partial charge on any atom is -0.459 e. The number of amides is 1. The number of allylic oxidation sites excluding steroid dienone is 1. The Labute approximate surface area is 227 Å². The Morgan fingerprint density at radius 1 is 1.03 bits per heavy atom. The maximum Gasteiger partial charge on any atom is 0.306 e.